The number of hydrogen-bond acceptors (Lipinski definition) is 2. The molecule has 38 valence electrons. The van der Waals surface area contributed by atoms with Crippen molar-refractivity contribution >= 4 is 14.2 Å². The highest BCUT2D eigenvalue weighted by molar-refractivity contribution is 6.05. The van der Waals surface area contributed by atoms with E-state index in [1.165, 1.54) is 0 Å². The van der Waals surface area contributed by atoms with Gasteiger partial charge in [0, 0.05) is 18.7 Å². The molecular weight excluding hydrogens is 86.9 g/mol. The van der Waals surface area contributed by atoms with E-state index >= 15 is 0 Å². The lowest BCUT2D eigenvalue weighted by Gasteiger charge is -2.04. The van der Waals surface area contributed by atoms with Crippen molar-refractivity contribution in [1.82, 2.24) is 4.92 Å². The van der Waals surface area contributed by atoms with Gasteiger partial charge >= 0.3 is 0 Å². The highest BCUT2D eigenvalue weighted by Crippen LogP contribution is 2.00. The average Bonchev–Trinajstić information content (AvgIpc) is 1.87. The van der Waals surface area contributed by atoms with Crippen LogP contribution in [0, 0.1) is 5.92 Å². The van der Waals surface area contributed by atoms with Gasteiger partial charge in [-0.2, -0.15) is 0 Å². The summed E-state index contributed by atoms with van der Waals surface area (Å²) in [6.07, 6.45) is 1.97. The quantitative estimate of drug-likeness (QED) is 0.370. The van der Waals surface area contributed by atoms with Crippen LogP contribution in [0.3, 0.4) is 0 Å². The van der Waals surface area contributed by atoms with Gasteiger partial charge in [0.25, 0.3) is 0 Å². The third kappa shape index (κ3) is 0.949. The lowest BCUT2D eigenvalue weighted by molar-refractivity contribution is 0.493. The first-order valence-corrected chi connectivity index (χ1v) is 2.54. The highest BCUT2D eigenvalue weighted by Gasteiger charge is 2.06. The zero-order chi connectivity index (χ0) is 5.28. The molecule has 2 nitrogen and oxygen atoms in total. The predicted octanol–water partition coefficient (Wildman–Crippen LogP) is -0.528. The van der Waals surface area contributed by atoms with Gasteiger partial charge in [0.05, 0.1) is 0 Å². The molecule has 1 unspecified atom stereocenters. The van der Waals surface area contributed by atoms with E-state index in [9.17, 15) is 0 Å². The van der Waals surface area contributed by atoms with Crippen molar-refractivity contribution in [3.8, 4) is 0 Å². The van der Waals surface area contributed by atoms with Crippen molar-refractivity contribution in [2.24, 2.45) is 11.0 Å². The van der Waals surface area contributed by atoms with Crippen LogP contribution in [0.5, 0.6) is 0 Å². The first kappa shape index (κ1) is 4.69. The first-order valence-electron chi connectivity index (χ1n) is 2.54. The van der Waals surface area contributed by atoms with Gasteiger partial charge in [0.15, 0.2) is 0 Å². The molecule has 0 aromatic heterocycles. The molecule has 1 aliphatic heterocycles. The Labute approximate surface area is 44.6 Å². The molecule has 1 atom stereocenters. The van der Waals surface area contributed by atoms with Crippen LogP contribution >= 0.6 is 0 Å². The van der Waals surface area contributed by atoms with Crippen molar-refractivity contribution in [3.05, 3.63) is 0 Å². The van der Waals surface area contributed by atoms with E-state index in [2.05, 4.69) is 12.0 Å². The average molecular weight is 95.9 g/mol. The fourth-order valence-electron chi connectivity index (χ4n) is 0.739. The van der Waals surface area contributed by atoms with Gasteiger partial charge in [-0.25, -0.2) is 5.10 Å². The van der Waals surface area contributed by atoms with Crippen molar-refractivity contribution in [3.63, 3.8) is 0 Å². The molecule has 1 heterocycles. The molecule has 0 bridgehead atoms. The molecule has 0 saturated heterocycles. The van der Waals surface area contributed by atoms with Gasteiger partial charge in [-0.1, -0.05) is 6.92 Å². The van der Waals surface area contributed by atoms with Crippen LogP contribution < -0.4 is 0 Å². The SMILES string of the molecule is BN1CC(C)C=N1. The zero-order valence-electron chi connectivity index (χ0n) is 4.76. The Balaban J connectivity index is 2.42. The summed E-state index contributed by atoms with van der Waals surface area (Å²) >= 11 is 0. The van der Waals surface area contributed by atoms with Crippen LogP contribution in [0.4, 0.5) is 0 Å². The molecule has 3 heteroatoms. The molecule has 0 aromatic carbocycles. The summed E-state index contributed by atoms with van der Waals surface area (Å²) in [5.74, 6) is 0.657. The molecule has 7 heavy (non-hydrogen) atoms. The summed E-state index contributed by atoms with van der Waals surface area (Å²) in [5, 5.41) is 4.03. The summed E-state index contributed by atoms with van der Waals surface area (Å²) in [5.41, 5.74) is 0. The Morgan fingerprint density at radius 3 is 2.86 bits per heavy atom. The van der Waals surface area contributed by atoms with Gasteiger partial charge in [-0.05, 0) is 0 Å². The molecule has 0 amide bonds. The lowest BCUT2D eigenvalue weighted by atomic mass is 10.2. The molecule has 0 fully saturated rings. The Morgan fingerprint density at radius 2 is 2.71 bits per heavy atom. The van der Waals surface area contributed by atoms with E-state index in [1.54, 1.807) is 0 Å². The van der Waals surface area contributed by atoms with E-state index in [4.69, 9.17) is 0 Å². The van der Waals surface area contributed by atoms with Gasteiger partial charge in [-0.15, -0.1) is 0 Å². The zero-order valence-corrected chi connectivity index (χ0v) is 4.76. The Bertz CT molecular complexity index is 81.7. The standard InChI is InChI=1S/C4H9BN2/c1-4-2-6-7(5)3-4/h2,4H,3,5H2,1H3. The largest absolute Gasteiger partial charge is 0.349 e. The molecular formula is C4H9BN2. The third-order valence-corrected chi connectivity index (χ3v) is 1.07. The van der Waals surface area contributed by atoms with Crippen LogP contribution in [-0.2, 0) is 0 Å². The maximum absolute atomic E-state index is 4.03. The third-order valence-electron chi connectivity index (χ3n) is 1.07. The number of hydrogen-bond donors (Lipinski definition) is 0. The van der Waals surface area contributed by atoms with Crippen molar-refractivity contribution in [2.75, 3.05) is 6.54 Å². The minimum absolute atomic E-state index is 0.657. The minimum atomic E-state index is 0.657. The van der Waals surface area contributed by atoms with E-state index < -0.39 is 0 Å². The Morgan fingerprint density at radius 1 is 2.00 bits per heavy atom. The normalized spacial score (nSPS) is 29.3. The Kier molecular flexibility index (Phi) is 1.05. The van der Waals surface area contributed by atoms with Crippen molar-refractivity contribution < 1.29 is 0 Å². The molecule has 1 aliphatic rings. The smallest absolute Gasteiger partial charge is 0.242 e. The second kappa shape index (κ2) is 1.56. The number of hydrazone groups is 1. The topological polar surface area (TPSA) is 15.6 Å². The van der Waals surface area contributed by atoms with Gasteiger partial charge in [-0.3, -0.25) is 0 Å². The molecule has 1 rings (SSSR count). The predicted molar refractivity (Wildman–Crippen MR) is 32.9 cm³/mol. The van der Waals surface area contributed by atoms with Crippen molar-refractivity contribution in [2.45, 2.75) is 6.92 Å². The number of nitrogens with zero attached hydrogens (tertiary/aromatic N) is 2. The summed E-state index contributed by atoms with van der Waals surface area (Å²) < 4.78 is 0. The lowest BCUT2D eigenvalue weighted by Crippen LogP contribution is -2.12. The van der Waals surface area contributed by atoms with Crippen molar-refractivity contribution in [1.29, 1.82) is 0 Å². The molecule has 0 aromatic rings. The fraction of sp³-hybridized carbons (Fsp3) is 0.750. The van der Waals surface area contributed by atoms with E-state index in [0.717, 1.165) is 6.54 Å². The molecule has 0 spiro atoms. The molecule has 0 saturated carbocycles. The number of rotatable bonds is 0. The fourth-order valence-corrected chi connectivity index (χ4v) is 0.739. The molecule has 0 aliphatic carbocycles. The van der Waals surface area contributed by atoms with Crippen LogP contribution in [0.15, 0.2) is 5.10 Å². The molecule has 0 radical (unpaired) electrons. The minimum Gasteiger partial charge on any atom is -0.349 e. The summed E-state index contributed by atoms with van der Waals surface area (Å²) in [6, 6.07) is 0. The summed E-state index contributed by atoms with van der Waals surface area (Å²) in [6.45, 7) is 3.24. The second-order valence-corrected chi connectivity index (χ2v) is 2.08. The Hall–Kier alpha value is -0.465. The first-order chi connectivity index (χ1) is 3.29. The van der Waals surface area contributed by atoms with E-state index in [-0.39, 0.29) is 0 Å². The van der Waals surface area contributed by atoms with Crippen LogP contribution in [0.1, 0.15) is 6.92 Å². The van der Waals surface area contributed by atoms with Gasteiger partial charge in [0.1, 0.15) is 0 Å². The van der Waals surface area contributed by atoms with Crippen LogP contribution in [-0.4, -0.2) is 25.7 Å². The van der Waals surface area contributed by atoms with Crippen LogP contribution in [0.25, 0.3) is 0 Å². The van der Waals surface area contributed by atoms with E-state index in [1.807, 2.05) is 19.1 Å². The van der Waals surface area contributed by atoms with Crippen LogP contribution in [0.2, 0.25) is 0 Å². The highest BCUT2D eigenvalue weighted by atomic mass is 15.4. The maximum Gasteiger partial charge on any atom is 0.242 e. The van der Waals surface area contributed by atoms with Gasteiger partial charge in [0.2, 0.25) is 7.98 Å². The molecule has 0 N–H and O–H groups in total. The van der Waals surface area contributed by atoms with E-state index in [0.29, 0.717) is 5.92 Å². The van der Waals surface area contributed by atoms with Gasteiger partial charge < -0.3 is 4.92 Å². The second-order valence-electron chi connectivity index (χ2n) is 2.08. The monoisotopic (exact) mass is 96.1 g/mol. The summed E-state index contributed by atoms with van der Waals surface area (Å²) in [7, 11) is 1.99. The summed E-state index contributed by atoms with van der Waals surface area (Å²) in [4.78, 5) is 1.95. The maximum atomic E-state index is 4.03.